The molecule has 0 aliphatic rings. The second-order valence-corrected chi connectivity index (χ2v) is 7.53. The van der Waals surface area contributed by atoms with Crippen molar-refractivity contribution in [3.8, 4) is 21.7 Å². The molecule has 3 nitrogen and oxygen atoms in total. The number of hydrogen-bond donors (Lipinski definition) is 1. The quantitative estimate of drug-likeness (QED) is 0.477. The van der Waals surface area contributed by atoms with Gasteiger partial charge in [-0.15, -0.1) is 22.7 Å². The molecule has 0 aliphatic carbocycles. The van der Waals surface area contributed by atoms with Gasteiger partial charge in [-0.1, -0.05) is 29.8 Å². The number of fused-ring (bicyclic) bond motifs is 1. The second-order valence-electron chi connectivity index (χ2n) is 5.14. The summed E-state index contributed by atoms with van der Waals surface area (Å²) in [5.41, 5.74) is 2.51. The number of thiophene rings is 2. The van der Waals surface area contributed by atoms with Crippen molar-refractivity contribution in [1.29, 1.82) is 0 Å². The van der Waals surface area contributed by atoms with E-state index in [1.165, 1.54) is 22.7 Å². The molecule has 1 N–H and O–H groups in total. The molecule has 0 saturated heterocycles. The highest BCUT2D eigenvalue weighted by Gasteiger charge is 2.21. The minimum Gasteiger partial charge on any atom is -0.477 e. The number of carboxylic acid groups (broad SMARTS) is 1. The van der Waals surface area contributed by atoms with Crippen LogP contribution in [0.15, 0.2) is 53.9 Å². The predicted octanol–water partition coefficient (Wildman–Crippen LogP) is 6.04. The smallest absolute Gasteiger partial charge is 0.346 e. The van der Waals surface area contributed by atoms with Gasteiger partial charge in [-0.2, -0.15) is 0 Å². The van der Waals surface area contributed by atoms with Crippen LogP contribution in [0.4, 0.5) is 0 Å². The first kappa shape index (κ1) is 15.3. The highest BCUT2D eigenvalue weighted by atomic mass is 35.5. The zero-order chi connectivity index (χ0) is 16.7. The third kappa shape index (κ3) is 2.60. The Balaban J connectivity index is 1.92. The molecule has 0 atom stereocenters. The fraction of sp³-hybridized carbons (Fsp3) is 0. The Kier molecular flexibility index (Phi) is 3.84. The fourth-order valence-corrected chi connectivity index (χ4v) is 4.58. The number of carbonyl (C=O) groups is 1. The molecule has 0 saturated carbocycles. The monoisotopic (exact) mass is 371 g/mol. The summed E-state index contributed by atoms with van der Waals surface area (Å²) in [6, 6.07) is 15.2. The summed E-state index contributed by atoms with van der Waals surface area (Å²) in [6.07, 6.45) is 0. The summed E-state index contributed by atoms with van der Waals surface area (Å²) in [7, 11) is 0. The van der Waals surface area contributed by atoms with Gasteiger partial charge in [-0.3, -0.25) is 0 Å². The maximum Gasteiger partial charge on any atom is 0.346 e. The van der Waals surface area contributed by atoms with Crippen LogP contribution in [0.3, 0.4) is 0 Å². The average Bonchev–Trinajstić information content (AvgIpc) is 3.21. The Morgan fingerprint density at radius 1 is 1.08 bits per heavy atom. The molecule has 24 heavy (non-hydrogen) atoms. The van der Waals surface area contributed by atoms with Crippen molar-refractivity contribution in [2.24, 2.45) is 0 Å². The Morgan fingerprint density at radius 2 is 1.88 bits per heavy atom. The van der Waals surface area contributed by atoms with E-state index in [0.717, 1.165) is 31.9 Å². The summed E-state index contributed by atoms with van der Waals surface area (Å²) in [6.45, 7) is 0. The van der Waals surface area contributed by atoms with Crippen molar-refractivity contribution in [3.05, 3.63) is 63.8 Å². The standard InChI is InChI=1S/C18H10ClNO2S2/c19-11-5-3-10(4-6-11)13-8-7-12-15(14-2-1-9-23-14)16(18(21)22)24-17(12)20-13/h1-9H,(H,21,22). The van der Waals surface area contributed by atoms with Crippen LogP contribution in [-0.2, 0) is 0 Å². The van der Waals surface area contributed by atoms with Crippen LogP contribution in [0.1, 0.15) is 9.67 Å². The van der Waals surface area contributed by atoms with Gasteiger partial charge in [-0.25, -0.2) is 9.78 Å². The lowest BCUT2D eigenvalue weighted by Gasteiger charge is -2.02. The predicted molar refractivity (Wildman–Crippen MR) is 100 cm³/mol. The van der Waals surface area contributed by atoms with E-state index >= 15 is 0 Å². The summed E-state index contributed by atoms with van der Waals surface area (Å²) < 4.78 is 0. The molecule has 3 heterocycles. The van der Waals surface area contributed by atoms with E-state index in [1.54, 1.807) is 0 Å². The molecule has 3 aromatic heterocycles. The SMILES string of the molecule is O=C(O)c1sc2nc(-c3ccc(Cl)cc3)ccc2c1-c1cccs1. The zero-order valence-corrected chi connectivity index (χ0v) is 14.6. The molecular weight excluding hydrogens is 362 g/mol. The van der Waals surface area contributed by atoms with Crippen LogP contribution >= 0.6 is 34.3 Å². The Bertz CT molecular complexity index is 1040. The van der Waals surface area contributed by atoms with E-state index < -0.39 is 5.97 Å². The summed E-state index contributed by atoms with van der Waals surface area (Å²) in [4.78, 5) is 18.3. The Morgan fingerprint density at radius 3 is 2.54 bits per heavy atom. The Labute approximate surface area is 150 Å². The molecule has 4 rings (SSSR count). The van der Waals surface area contributed by atoms with Crippen molar-refractivity contribution in [1.82, 2.24) is 4.98 Å². The van der Waals surface area contributed by atoms with Crippen LogP contribution in [0.5, 0.6) is 0 Å². The van der Waals surface area contributed by atoms with Crippen molar-refractivity contribution in [3.63, 3.8) is 0 Å². The van der Waals surface area contributed by atoms with Crippen molar-refractivity contribution in [2.45, 2.75) is 0 Å². The van der Waals surface area contributed by atoms with Crippen LogP contribution < -0.4 is 0 Å². The minimum atomic E-state index is -0.922. The fourth-order valence-electron chi connectivity index (χ4n) is 2.58. The third-order valence-corrected chi connectivity index (χ3v) is 5.88. The van der Waals surface area contributed by atoms with Gasteiger partial charge in [-0.05, 0) is 35.7 Å². The van der Waals surface area contributed by atoms with E-state index in [9.17, 15) is 9.90 Å². The number of aromatic nitrogens is 1. The number of pyridine rings is 1. The number of hydrogen-bond acceptors (Lipinski definition) is 4. The minimum absolute atomic E-state index is 0.327. The van der Waals surface area contributed by atoms with Gasteiger partial charge in [0.2, 0.25) is 0 Å². The van der Waals surface area contributed by atoms with Crippen LogP contribution in [0, 0.1) is 0 Å². The van der Waals surface area contributed by atoms with Crippen molar-refractivity contribution >= 4 is 50.5 Å². The molecule has 0 bridgehead atoms. The first-order valence-corrected chi connectivity index (χ1v) is 9.17. The van der Waals surface area contributed by atoms with Gasteiger partial charge >= 0.3 is 5.97 Å². The molecule has 0 aliphatic heterocycles. The summed E-state index contributed by atoms with van der Waals surface area (Å²) >= 11 is 8.67. The molecule has 1 aromatic carbocycles. The molecular formula is C18H10ClNO2S2. The maximum absolute atomic E-state index is 11.7. The molecule has 118 valence electrons. The third-order valence-electron chi connectivity index (χ3n) is 3.66. The largest absolute Gasteiger partial charge is 0.477 e. The van der Waals surface area contributed by atoms with E-state index in [4.69, 9.17) is 11.6 Å². The first-order chi connectivity index (χ1) is 11.6. The number of nitrogens with zero attached hydrogens (tertiary/aromatic N) is 1. The van der Waals surface area contributed by atoms with Gasteiger partial charge in [0, 0.05) is 26.4 Å². The first-order valence-electron chi connectivity index (χ1n) is 7.10. The highest BCUT2D eigenvalue weighted by molar-refractivity contribution is 7.22. The van der Waals surface area contributed by atoms with Gasteiger partial charge in [0.15, 0.2) is 0 Å². The molecule has 0 spiro atoms. The molecule has 4 aromatic rings. The summed E-state index contributed by atoms with van der Waals surface area (Å²) in [5, 5.41) is 13.0. The lowest BCUT2D eigenvalue weighted by atomic mass is 10.1. The van der Waals surface area contributed by atoms with E-state index in [0.29, 0.717) is 9.90 Å². The van der Waals surface area contributed by atoms with Crippen molar-refractivity contribution < 1.29 is 9.90 Å². The topological polar surface area (TPSA) is 50.2 Å². The van der Waals surface area contributed by atoms with Gasteiger partial charge in [0.25, 0.3) is 0 Å². The Hall–Kier alpha value is -2.21. The van der Waals surface area contributed by atoms with E-state index in [-0.39, 0.29) is 0 Å². The van der Waals surface area contributed by atoms with E-state index in [2.05, 4.69) is 4.98 Å². The van der Waals surface area contributed by atoms with Gasteiger partial charge in [0.1, 0.15) is 9.71 Å². The second kappa shape index (κ2) is 6.02. The molecule has 0 unspecified atom stereocenters. The van der Waals surface area contributed by atoms with E-state index in [1.807, 2.05) is 53.9 Å². The number of carboxylic acids is 1. The molecule has 0 radical (unpaired) electrons. The number of aromatic carboxylic acids is 1. The lowest BCUT2D eigenvalue weighted by Crippen LogP contribution is -1.93. The average molecular weight is 372 g/mol. The summed E-state index contributed by atoms with van der Waals surface area (Å²) in [5.74, 6) is -0.922. The number of halogens is 1. The lowest BCUT2D eigenvalue weighted by molar-refractivity contribution is 0.0703. The molecule has 0 amide bonds. The van der Waals surface area contributed by atoms with Crippen molar-refractivity contribution in [2.75, 3.05) is 0 Å². The van der Waals surface area contributed by atoms with Crippen LogP contribution in [0.25, 0.3) is 31.9 Å². The van der Waals surface area contributed by atoms with Gasteiger partial charge in [0.05, 0.1) is 5.69 Å². The normalized spacial score (nSPS) is 11.0. The number of benzene rings is 1. The highest BCUT2D eigenvalue weighted by Crippen LogP contribution is 2.40. The van der Waals surface area contributed by atoms with Crippen LogP contribution in [0.2, 0.25) is 5.02 Å². The maximum atomic E-state index is 11.7. The molecule has 0 fully saturated rings. The zero-order valence-electron chi connectivity index (χ0n) is 12.2. The number of rotatable bonds is 3. The van der Waals surface area contributed by atoms with Crippen LogP contribution in [-0.4, -0.2) is 16.1 Å². The molecule has 6 heteroatoms. The van der Waals surface area contributed by atoms with Gasteiger partial charge < -0.3 is 5.11 Å².